The van der Waals surface area contributed by atoms with E-state index in [0.717, 1.165) is 5.01 Å². The first kappa shape index (κ1) is 19.5. The molecule has 0 radical (unpaired) electrons. The summed E-state index contributed by atoms with van der Waals surface area (Å²) >= 11 is 7.18. The molecule has 28 heavy (non-hydrogen) atoms. The number of hydrogen-bond donors (Lipinski definition) is 0. The van der Waals surface area contributed by atoms with E-state index in [-0.39, 0.29) is 28.1 Å². The van der Waals surface area contributed by atoms with E-state index in [1.54, 1.807) is 0 Å². The Hall–Kier alpha value is -3.31. The Morgan fingerprint density at radius 1 is 1.07 bits per heavy atom. The first-order valence-electron chi connectivity index (χ1n) is 7.62. The fourth-order valence-corrected chi connectivity index (χ4v) is 3.20. The lowest BCUT2D eigenvalue weighted by molar-refractivity contribution is -0.385. The van der Waals surface area contributed by atoms with Crippen molar-refractivity contribution >= 4 is 57.7 Å². The van der Waals surface area contributed by atoms with Crippen molar-refractivity contribution in [3.8, 4) is 0 Å². The van der Waals surface area contributed by atoms with Gasteiger partial charge in [-0.15, -0.1) is 0 Å². The molecule has 0 aliphatic carbocycles. The van der Waals surface area contributed by atoms with Gasteiger partial charge in [0.05, 0.1) is 32.5 Å². The summed E-state index contributed by atoms with van der Waals surface area (Å²) in [6.07, 6.45) is 1.31. The van der Waals surface area contributed by atoms with Crippen molar-refractivity contribution in [3.63, 3.8) is 0 Å². The van der Waals surface area contributed by atoms with Gasteiger partial charge in [0.2, 0.25) is 0 Å². The van der Waals surface area contributed by atoms with Crippen molar-refractivity contribution in [1.29, 1.82) is 0 Å². The number of hydrazone groups is 1. The molecule has 0 atom stereocenters. The van der Waals surface area contributed by atoms with Gasteiger partial charge in [0, 0.05) is 29.8 Å². The normalized spacial score (nSPS) is 15.5. The highest BCUT2D eigenvalue weighted by molar-refractivity contribution is 8.15. The van der Waals surface area contributed by atoms with Crippen LogP contribution in [0.3, 0.4) is 0 Å². The molecule has 0 unspecified atom stereocenters. The molecule has 0 aromatic heterocycles. The van der Waals surface area contributed by atoms with Crippen LogP contribution in [-0.2, 0) is 4.79 Å². The Morgan fingerprint density at radius 3 is 2.32 bits per heavy atom. The van der Waals surface area contributed by atoms with Crippen molar-refractivity contribution in [1.82, 2.24) is 5.01 Å². The quantitative estimate of drug-likeness (QED) is 0.412. The second-order valence-electron chi connectivity index (χ2n) is 5.37. The van der Waals surface area contributed by atoms with Gasteiger partial charge in [-0.2, -0.15) is 10.1 Å². The van der Waals surface area contributed by atoms with Crippen molar-refractivity contribution in [2.45, 2.75) is 0 Å². The molecule has 10 nitrogen and oxygen atoms in total. The summed E-state index contributed by atoms with van der Waals surface area (Å²) in [6, 6.07) is 9.43. The predicted octanol–water partition coefficient (Wildman–Crippen LogP) is 3.75. The summed E-state index contributed by atoms with van der Waals surface area (Å²) in [6.45, 7) is 0. The van der Waals surface area contributed by atoms with E-state index in [4.69, 9.17) is 11.6 Å². The number of thioether (sulfide) groups is 1. The van der Waals surface area contributed by atoms with Gasteiger partial charge < -0.3 is 0 Å². The van der Waals surface area contributed by atoms with Crippen LogP contribution >= 0.6 is 23.4 Å². The first-order valence-corrected chi connectivity index (χ1v) is 8.98. The number of rotatable bonds is 5. The van der Waals surface area contributed by atoms with Crippen LogP contribution in [0.15, 0.2) is 52.6 Å². The number of nitrogens with zero attached hydrogens (tertiary/aromatic N) is 5. The molecule has 1 amide bonds. The lowest BCUT2D eigenvalue weighted by Gasteiger charge is -2.09. The van der Waals surface area contributed by atoms with Crippen LogP contribution < -0.4 is 0 Å². The molecule has 1 heterocycles. The Morgan fingerprint density at radius 2 is 1.71 bits per heavy atom. The molecule has 2 aromatic rings. The van der Waals surface area contributed by atoms with Crippen molar-refractivity contribution in [3.05, 3.63) is 73.3 Å². The van der Waals surface area contributed by atoms with Gasteiger partial charge in [0.25, 0.3) is 17.3 Å². The monoisotopic (exact) mass is 419 g/mol. The van der Waals surface area contributed by atoms with Crippen LogP contribution in [0.4, 0.5) is 17.1 Å². The summed E-state index contributed by atoms with van der Waals surface area (Å²) in [7, 11) is 0. The Kier molecular flexibility index (Phi) is 5.66. The van der Waals surface area contributed by atoms with Crippen molar-refractivity contribution in [2.24, 2.45) is 10.1 Å². The average molecular weight is 420 g/mol. The lowest BCUT2D eigenvalue weighted by Crippen LogP contribution is -2.23. The third-order valence-corrected chi connectivity index (χ3v) is 4.78. The number of halogens is 1. The first-order chi connectivity index (χ1) is 13.3. The highest BCUT2D eigenvalue weighted by Gasteiger charge is 2.28. The number of non-ortho nitro benzene ring substituents is 2. The number of hydrogen-bond acceptors (Lipinski definition) is 8. The molecule has 1 fully saturated rings. The molecule has 1 aliphatic heterocycles. The van der Waals surface area contributed by atoms with Gasteiger partial charge in [-0.3, -0.25) is 25.0 Å². The fraction of sp³-hybridized carbons (Fsp3) is 0.0625. The summed E-state index contributed by atoms with van der Waals surface area (Å²) in [5, 5.41) is 27.0. The molecule has 1 aliphatic rings. The summed E-state index contributed by atoms with van der Waals surface area (Å²) < 4.78 is 0. The maximum absolute atomic E-state index is 12.1. The molecule has 1 saturated heterocycles. The van der Waals surface area contributed by atoms with Crippen LogP contribution in [0.25, 0.3) is 0 Å². The molecule has 142 valence electrons. The Balaban J connectivity index is 1.83. The molecule has 0 spiro atoms. The number of amides is 1. The van der Waals surface area contributed by atoms with Crippen LogP contribution in [0.2, 0.25) is 5.02 Å². The highest BCUT2D eigenvalue weighted by atomic mass is 35.5. The molecule has 3 rings (SSSR count). The van der Waals surface area contributed by atoms with E-state index >= 15 is 0 Å². The van der Waals surface area contributed by atoms with E-state index in [9.17, 15) is 25.0 Å². The number of benzene rings is 2. The molecule has 0 bridgehead atoms. The highest BCUT2D eigenvalue weighted by Crippen LogP contribution is 2.26. The van der Waals surface area contributed by atoms with E-state index in [0.29, 0.717) is 16.4 Å². The number of nitro groups is 2. The van der Waals surface area contributed by atoms with Crippen LogP contribution in [0.1, 0.15) is 5.56 Å². The van der Waals surface area contributed by atoms with E-state index in [1.807, 2.05) is 0 Å². The summed E-state index contributed by atoms with van der Waals surface area (Å²) in [5.41, 5.74) is 0.597. The fourth-order valence-electron chi connectivity index (χ4n) is 2.16. The maximum Gasteiger partial charge on any atom is 0.270 e. The predicted molar refractivity (Wildman–Crippen MR) is 105 cm³/mol. The minimum Gasteiger partial charge on any atom is -0.271 e. The van der Waals surface area contributed by atoms with Gasteiger partial charge in [0.1, 0.15) is 0 Å². The third kappa shape index (κ3) is 4.32. The average Bonchev–Trinajstić information content (AvgIpc) is 3.00. The van der Waals surface area contributed by atoms with Crippen LogP contribution in [0, 0.1) is 20.2 Å². The molecular formula is C16H10ClN5O5S. The zero-order valence-electron chi connectivity index (χ0n) is 13.9. The number of carbonyl (C=O) groups is 1. The number of nitro benzene ring substituents is 2. The van der Waals surface area contributed by atoms with Crippen molar-refractivity contribution < 1.29 is 14.6 Å². The maximum atomic E-state index is 12.1. The smallest absolute Gasteiger partial charge is 0.270 e. The number of carbonyl (C=O) groups excluding carboxylic acids is 1. The molecule has 0 saturated carbocycles. The van der Waals surface area contributed by atoms with Gasteiger partial charge in [0.15, 0.2) is 5.17 Å². The summed E-state index contributed by atoms with van der Waals surface area (Å²) in [5.74, 6) is -0.170. The third-order valence-electron chi connectivity index (χ3n) is 3.53. The van der Waals surface area contributed by atoms with E-state index in [2.05, 4.69) is 10.1 Å². The van der Waals surface area contributed by atoms with Gasteiger partial charge >= 0.3 is 0 Å². The minimum atomic E-state index is -0.567. The second-order valence-corrected chi connectivity index (χ2v) is 6.72. The number of amidine groups is 1. The standard InChI is InChI=1S/C16H10ClN5O5S/c17-14-7-13(22(26)27)4-1-10(14)8-18-20-15(23)9-28-16(20)19-11-2-5-12(6-3-11)21(24)25/h1-8H,9H2. The van der Waals surface area contributed by atoms with Gasteiger partial charge in [-0.25, -0.2) is 4.99 Å². The van der Waals surface area contributed by atoms with Gasteiger partial charge in [-0.1, -0.05) is 23.4 Å². The SMILES string of the molecule is O=C1CSC(=Nc2ccc([N+](=O)[O-])cc2)N1N=Cc1ccc([N+](=O)[O-])cc1Cl. The van der Waals surface area contributed by atoms with Gasteiger partial charge in [-0.05, 0) is 18.2 Å². The molecule has 0 N–H and O–H groups in total. The second kappa shape index (κ2) is 8.15. The Bertz CT molecular complexity index is 1020. The molecule has 2 aromatic carbocycles. The topological polar surface area (TPSA) is 131 Å². The zero-order valence-corrected chi connectivity index (χ0v) is 15.5. The molecular weight excluding hydrogens is 410 g/mol. The summed E-state index contributed by atoms with van der Waals surface area (Å²) in [4.78, 5) is 36.7. The van der Waals surface area contributed by atoms with Crippen LogP contribution in [0.5, 0.6) is 0 Å². The molecule has 12 heteroatoms. The Labute approximate surface area is 166 Å². The lowest BCUT2D eigenvalue weighted by atomic mass is 10.2. The van der Waals surface area contributed by atoms with E-state index < -0.39 is 9.85 Å². The van der Waals surface area contributed by atoms with Crippen LogP contribution in [-0.4, -0.2) is 37.9 Å². The zero-order chi connectivity index (χ0) is 20.3. The largest absolute Gasteiger partial charge is 0.271 e. The van der Waals surface area contributed by atoms with Crippen molar-refractivity contribution in [2.75, 3.05) is 5.75 Å². The van der Waals surface area contributed by atoms with E-state index in [1.165, 1.54) is 60.4 Å². The minimum absolute atomic E-state index is 0.0678. The number of aliphatic imine (C=N–C) groups is 1.